The number of nitrogens with one attached hydrogen (secondary N) is 1. The van der Waals surface area contributed by atoms with Gasteiger partial charge in [0.15, 0.2) is 0 Å². The van der Waals surface area contributed by atoms with Crippen LogP contribution in [0.2, 0.25) is 5.02 Å². The second kappa shape index (κ2) is 7.46. The van der Waals surface area contributed by atoms with Crippen molar-refractivity contribution < 1.29 is 4.79 Å². The van der Waals surface area contributed by atoms with Crippen molar-refractivity contribution in [3.63, 3.8) is 0 Å². The Labute approximate surface area is 156 Å². The number of para-hydroxylation sites is 1. The summed E-state index contributed by atoms with van der Waals surface area (Å²) in [5, 5.41) is 5.46. The summed E-state index contributed by atoms with van der Waals surface area (Å²) in [6.07, 6.45) is 0. The van der Waals surface area contributed by atoms with Crippen molar-refractivity contribution in [3.05, 3.63) is 64.2 Å². The summed E-state index contributed by atoms with van der Waals surface area (Å²) in [5.41, 5.74) is 4.82. The molecule has 0 spiro atoms. The van der Waals surface area contributed by atoms with Gasteiger partial charge in [0.25, 0.3) is 0 Å². The Morgan fingerprint density at radius 3 is 2.64 bits per heavy atom. The first-order chi connectivity index (χ1) is 11.9. The molecule has 5 heteroatoms. The van der Waals surface area contributed by atoms with E-state index in [4.69, 9.17) is 11.6 Å². The van der Waals surface area contributed by atoms with E-state index in [-0.39, 0.29) is 11.7 Å². The quantitative estimate of drug-likeness (QED) is 0.612. The maximum atomic E-state index is 12.3. The second-order valence-corrected chi connectivity index (χ2v) is 7.47. The van der Waals surface area contributed by atoms with Crippen LogP contribution in [0.3, 0.4) is 0 Å². The molecule has 0 atom stereocenters. The van der Waals surface area contributed by atoms with Crippen LogP contribution in [0, 0.1) is 20.8 Å². The molecule has 128 valence electrons. The highest BCUT2D eigenvalue weighted by Crippen LogP contribution is 2.28. The molecule has 0 aliphatic rings. The van der Waals surface area contributed by atoms with Crippen LogP contribution in [0.4, 0.5) is 5.69 Å². The molecular weight excluding hydrogens is 352 g/mol. The third-order valence-corrected chi connectivity index (χ3v) is 5.16. The molecule has 0 saturated carbocycles. The SMILES string of the molecule is Cc1cc(C)c(NC(=O)CSc2cc(C)c3ccccc3n2)c(Cl)c1. The molecule has 3 aromatic rings. The highest BCUT2D eigenvalue weighted by Gasteiger charge is 2.11. The van der Waals surface area contributed by atoms with Gasteiger partial charge in [-0.1, -0.05) is 47.6 Å². The van der Waals surface area contributed by atoms with Crippen LogP contribution in [0.1, 0.15) is 16.7 Å². The maximum Gasteiger partial charge on any atom is 0.234 e. The Bertz CT molecular complexity index is 933. The Kier molecular flexibility index (Phi) is 5.30. The van der Waals surface area contributed by atoms with Crippen molar-refractivity contribution in [1.82, 2.24) is 4.98 Å². The largest absolute Gasteiger partial charge is 0.324 e. The number of aryl methyl sites for hydroxylation is 3. The fourth-order valence-corrected chi connectivity index (χ4v) is 3.92. The topological polar surface area (TPSA) is 42.0 Å². The average molecular weight is 371 g/mol. The number of anilines is 1. The summed E-state index contributed by atoms with van der Waals surface area (Å²) in [6.45, 7) is 5.98. The first-order valence-electron chi connectivity index (χ1n) is 8.00. The normalized spacial score (nSPS) is 10.9. The number of rotatable bonds is 4. The first-order valence-corrected chi connectivity index (χ1v) is 9.36. The predicted molar refractivity (Wildman–Crippen MR) is 107 cm³/mol. The van der Waals surface area contributed by atoms with E-state index >= 15 is 0 Å². The van der Waals surface area contributed by atoms with Crippen LogP contribution in [-0.2, 0) is 4.79 Å². The number of nitrogens with zero attached hydrogens (tertiary/aromatic N) is 1. The number of carbonyl (C=O) groups excluding carboxylic acids is 1. The van der Waals surface area contributed by atoms with Crippen molar-refractivity contribution in [2.24, 2.45) is 0 Å². The number of benzene rings is 2. The van der Waals surface area contributed by atoms with Crippen LogP contribution in [0.15, 0.2) is 47.5 Å². The number of pyridine rings is 1. The molecule has 3 nitrogen and oxygen atoms in total. The maximum absolute atomic E-state index is 12.3. The first kappa shape index (κ1) is 17.8. The molecule has 0 saturated heterocycles. The van der Waals surface area contributed by atoms with E-state index < -0.39 is 0 Å². The molecule has 2 aromatic carbocycles. The van der Waals surface area contributed by atoms with E-state index in [1.165, 1.54) is 11.8 Å². The van der Waals surface area contributed by atoms with E-state index in [2.05, 4.69) is 23.3 Å². The fraction of sp³-hybridized carbons (Fsp3) is 0.200. The Morgan fingerprint density at radius 1 is 1.12 bits per heavy atom. The summed E-state index contributed by atoms with van der Waals surface area (Å²) in [4.78, 5) is 16.9. The minimum atomic E-state index is -0.0912. The van der Waals surface area contributed by atoms with E-state index in [0.717, 1.165) is 32.6 Å². The molecule has 0 bridgehead atoms. The number of thioether (sulfide) groups is 1. The molecule has 1 amide bonds. The molecule has 0 aliphatic carbocycles. The van der Waals surface area contributed by atoms with Crippen molar-refractivity contribution in [2.75, 3.05) is 11.1 Å². The number of carbonyl (C=O) groups is 1. The second-order valence-electron chi connectivity index (χ2n) is 6.07. The molecule has 0 fully saturated rings. The van der Waals surface area contributed by atoms with Gasteiger partial charge in [-0.3, -0.25) is 4.79 Å². The van der Waals surface area contributed by atoms with Gasteiger partial charge in [-0.15, -0.1) is 0 Å². The van der Waals surface area contributed by atoms with E-state index in [1.54, 1.807) is 0 Å². The number of aromatic nitrogens is 1. The van der Waals surface area contributed by atoms with Crippen LogP contribution < -0.4 is 5.32 Å². The summed E-state index contributed by atoms with van der Waals surface area (Å²) < 4.78 is 0. The van der Waals surface area contributed by atoms with Gasteiger partial charge >= 0.3 is 0 Å². The summed E-state index contributed by atoms with van der Waals surface area (Å²) in [5.74, 6) is 0.195. The Hall–Kier alpha value is -2.04. The smallest absolute Gasteiger partial charge is 0.234 e. The zero-order valence-corrected chi connectivity index (χ0v) is 16.0. The van der Waals surface area contributed by atoms with E-state index in [9.17, 15) is 4.79 Å². The third-order valence-electron chi connectivity index (χ3n) is 3.95. The van der Waals surface area contributed by atoms with Gasteiger partial charge in [0.05, 0.1) is 27.0 Å². The molecule has 1 N–H and O–H groups in total. The van der Waals surface area contributed by atoms with Gasteiger partial charge in [0, 0.05) is 5.39 Å². The molecule has 1 heterocycles. The molecular formula is C20H19ClN2OS. The zero-order valence-electron chi connectivity index (χ0n) is 14.4. The van der Waals surface area contributed by atoms with Gasteiger partial charge in [-0.05, 0) is 55.7 Å². The fourth-order valence-electron chi connectivity index (χ4n) is 2.78. The van der Waals surface area contributed by atoms with Gasteiger partial charge in [-0.25, -0.2) is 4.98 Å². The summed E-state index contributed by atoms with van der Waals surface area (Å²) >= 11 is 7.67. The van der Waals surface area contributed by atoms with Gasteiger partial charge in [0.1, 0.15) is 0 Å². The lowest BCUT2D eigenvalue weighted by molar-refractivity contribution is -0.113. The van der Waals surface area contributed by atoms with E-state index in [0.29, 0.717) is 10.7 Å². The zero-order chi connectivity index (χ0) is 18.0. The lowest BCUT2D eigenvalue weighted by Gasteiger charge is -2.11. The lowest BCUT2D eigenvalue weighted by atomic mass is 10.1. The van der Waals surface area contributed by atoms with Gasteiger partial charge in [0.2, 0.25) is 5.91 Å². The molecule has 0 aliphatic heterocycles. The van der Waals surface area contributed by atoms with Crippen LogP contribution >= 0.6 is 23.4 Å². The van der Waals surface area contributed by atoms with Crippen LogP contribution in [0.5, 0.6) is 0 Å². The highest BCUT2D eigenvalue weighted by atomic mass is 35.5. The summed E-state index contributed by atoms with van der Waals surface area (Å²) in [7, 11) is 0. The van der Waals surface area contributed by atoms with Gasteiger partial charge < -0.3 is 5.32 Å². The van der Waals surface area contributed by atoms with Crippen molar-refractivity contribution in [1.29, 1.82) is 0 Å². The van der Waals surface area contributed by atoms with Crippen molar-refractivity contribution >= 4 is 45.9 Å². The molecule has 3 rings (SSSR count). The van der Waals surface area contributed by atoms with Crippen molar-refractivity contribution in [2.45, 2.75) is 25.8 Å². The molecule has 0 unspecified atom stereocenters. The molecule has 25 heavy (non-hydrogen) atoms. The van der Waals surface area contributed by atoms with Crippen LogP contribution in [0.25, 0.3) is 10.9 Å². The Balaban J connectivity index is 1.71. The third kappa shape index (κ3) is 4.14. The Morgan fingerprint density at radius 2 is 1.88 bits per heavy atom. The van der Waals surface area contributed by atoms with Crippen LogP contribution in [-0.4, -0.2) is 16.6 Å². The standard InChI is InChI=1S/C20H19ClN2OS/c1-12-8-14(3)20(16(21)9-12)23-18(24)11-25-19-10-13(2)15-6-4-5-7-17(15)22-19/h4-10H,11H2,1-3H3,(H,23,24). The predicted octanol–water partition coefficient (Wildman–Crippen LogP) is 5.54. The number of hydrogen-bond donors (Lipinski definition) is 1. The van der Waals surface area contributed by atoms with Crippen molar-refractivity contribution in [3.8, 4) is 0 Å². The number of fused-ring (bicyclic) bond motifs is 1. The average Bonchev–Trinajstić information content (AvgIpc) is 2.56. The minimum Gasteiger partial charge on any atom is -0.324 e. The number of hydrogen-bond acceptors (Lipinski definition) is 3. The number of amides is 1. The lowest BCUT2D eigenvalue weighted by Crippen LogP contribution is -2.15. The summed E-state index contributed by atoms with van der Waals surface area (Å²) in [6, 6.07) is 13.9. The molecule has 0 radical (unpaired) electrons. The van der Waals surface area contributed by atoms with E-state index in [1.807, 2.05) is 50.2 Å². The highest BCUT2D eigenvalue weighted by molar-refractivity contribution is 7.99. The monoisotopic (exact) mass is 370 g/mol. The molecule has 1 aromatic heterocycles. The van der Waals surface area contributed by atoms with Gasteiger partial charge in [-0.2, -0.15) is 0 Å². The number of halogens is 1. The minimum absolute atomic E-state index is 0.0912.